The van der Waals surface area contributed by atoms with Gasteiger partial charge in [-0.1, -0.05) is 6.07 Å². The Morgan fingerprint density at radius 3 is 3.00 bits per heavy atom. The van der Waals surface area contributed by atoms with Gasteiger partial charge < -0.3 is 5.32 Å². The van der Waals surface area contributed by atoms with E-state index in [0.29, 0.717) is 10.5 Å². The van der Waals surface area contributed by atoms with Gasteiger partial charge in [-0.25, -0.2) is 4.39 Å². The van der Waals surface area contributed by atoms with E-state index in [2.05, 4.69) is 26.1 Å². The van der Waals surface area contributed by atoms with Crippen LogP contribution in [0.25, 0.3) is 0 Å². The highest BCUT2D eigenvalue weighted by atomic mass is 79.9. The van der Waals surface area contributed by atoms with Gasteiger partial charge in [0.25, 0.3) is 0 Å². The van der Waals surface area contributed by atoms with Crippen molar-refractivity contribution in [2.45, 2.75) is 19.0 Å². The van der Waals surface area contributed by atoms with Crippen molar-refractivity contribution in [3.05, 3.63) is 34.1 Å². The smallest absolute Gasteiger partial charge is 0.137 e. The highest BCUT2D eigenvalue weighted by Crippen LogP contribution is 2.19. The standard InChI is InChI=1S/C12H16BrFN2/c1-15-10-4-5-16(8-10)7-9-2-3-12(14)11(13)6-9/h2-3,6,10,15H,4-5,7-8H2,1H3. The Bertz CT molecular complexity index is 370. The number of likely N-dealkylation sites (N-methyl/N-ethyl adjacent to an activating group) is 1. The highest BCUT2D eigenvalue weighted by molar-refractivity contribution is 9.10. The maximum absolute atomic E-state index is 13.1. The Kier molecular flexibility index (Phi) is 3.95. The molecule has 1 aromatic carbocycles. The van der Waals surface area contributed by atoms with Gasteiger partial charge >= 0.3 is 0 Å². The van der Waals surface area contributed by atoms with Gasteiger partial charge in [-0.2, -0.15) is 0 Å². The fraction of sp³-hybridized carbons (Fsp3) is 0.500. The van der Waals surface area contributed by atoms with Crippen LogP contribution in [0.15, 0.2) is 22.7 Å². The summed E-state index contributed by atoms with van der Waals surface area (Å²) in [5, 5.41) is 3.29. The number of hydrogen-bond donors (Lipinski definition) is 1. The van der Waals surface area contributed by atoms with Gasteiger partial charge in [-0.3, -0.25) is 4.90 Å². The summed E-state index contributed by atoms with van der Waals surface area (Å²) in [6, 6.07) is 5.84. The first-order chi connectivity index (χ1) is 7.69. The minimum absolute atomic E-state index is 0.196. The number of rotatable bonds is 3. The third-order valence-corrected chi connectivity index (χ3v) is 3.68. The summed E-state index contributed by atoms with van der Waals surface area (Å²) >= 11 is 3.22. The van der Waals surface area contributed by atoms with Gasteiger partial charge in [0.1, 0.15) is 5.82 Å². The first-order valence-electron chi connectivity index (χ1n) is 5.52. The Balaban J connectivity index is 1.97. The molecule has 16 heavy (non-hydrogen) atoms. The molecule has 1 aliphatic heterocycles. The number of nitrogens with zero attached hydrogens (tertiary/aromatic N) is 1. The van der Waals surface area contributed by atoms with Gasteiger partial charge in [-0.15, -0.1) is 0 Å². The zero-order valence-corrected chi connectivity index (χ0v) is 10.9. The molecule has 1 aliphatic rings. The van der Waals surface area contributed by atoms with Crippen molar-refractivity contribution in [3.63, 3.8) is 0 Å². The van der Waals surface area contributed by atoms with Crippen LogP contribution < -0.4 is 5.32 Å². The second-order valence-corrected chi connectivity index (χ2v) is 5.11. The second kappa shape index (κ2) is 5.25. The first kappa shape index (κ1) is 12.0. The summed E-state index contributed by atoms with van der Waals surface area (Å²) in [6.45, 7) is 3.09. The lowest BCUT2D eigenvalue weighted by atomic mass is 10.2. The molecule has 0 aliphatic carbocycles. The van der Waals surface area contributed by atoms with E-state index in [4.69, 9.17) is 0 Å². The third kappa shape index (κ3) is 2.81. The van der Waals surface area contributed by atoms with E-state index in [0.717, 1.165) is 25.2 Å². The van der Waals surface area contributed by atoms with Crippen LogP contribution in [-0.4, -0.2) is 31.1 Å². The molecule has 0 bridgehead atoms. The molecule has 1 aromatic rings. The SMILES string of the molecule is CNC1CCN(Cc2ccc(F)c(Br)c2)C1. The Morgan fingerprint density at radius 2 is 2.38 bits per heavy atom. The molecule has 1 atom stereocenters. The lowest BCUT2D eigenvalue weighted by molar-refractivity contribution is 0.322. The minimum Gasteiger partial charge on any atom is -0.316 e. The predicted octanol–water partition coefficient (Wildman–Crippen LogP) is 2.38. The summed E-state index contributed by atoms with van der Waals surface area (Å²) in [5.74, 6) is -0.196. The molecule has 1 unspecified atom stereocenters. The van der Waals surface area contributed by atoms with Gasteiger partial charge in [0, 0.05) is 25.7 Å². The third-order valence-electron chi connectivity index (χ3n) is 3.07. The predicted molar refractivity (Wildman–Crippen MR) is 66.8 cm³/mol. The van der Waals surface area contributed by atoms with E-state index in [1.165, 1.54) is 12.5 Å². The minimum atomic E-state index is -0.196. The normalized spacial score (nSPS) is 21.6. The van der Waals surface area contributed by atoms with Crippen LogP contribution in [0.4, 0.5) is 4.39 Å². The van der Waals surface area contributed by atoms with Crippen LogP contribution in [0.2, 0.25) is 0 Å². The summed E-state index contributed by atoms with van der Waals surface area (Å²) in [7, 11) is 2.00. The summed E-state index contributed by atoms with van der Waals surface area (Å²) in [6.07, 6.45) is 1.19. The summed E-state index contributed by atoms with van der Waals surface area (Å²) in [5.41, 5.74) is 1.16. The fourth-order valence-corrected chi connectivity index (χ4v) is 2.53. The van der Waals surface area contributed by atoms with Gasteiger partial charge in [0.05, 0.1) is 4.47 Å². The van der Waals surface area contributed by atoms with E-state index in [9.17, 15) is 4.39 Å². The molecule has 2 nitrogen and oxygen atoms in total. The average molecular weight is 287 g/mol. The molecule has 2 rings (SSSR count). The number of nitrogens with one attached hydrogen (secondary N) is 1. The van der Waals surface area contributed by atoms with Crippen molar-refractivity contribution in [1.29, 1.82) is 0 Å². The summed E-state index contributed by atoms with van der Waals surface area (Å²) < 4.78 is 13.6. The van der Waals surface area contributed by atoms with Crippen molar-refractivity contribution in [3.8, 4) is 0 Å². The molecule has 1 saturated heterocycles. The Labute approximate surface area is 104 Å². The lowest BCUT2D eigenvalue weighted by Gasteiger charge is -2.16. The fourth-order valence-electron chi connectivity index (χ4n) is 2.11. The molecule has 0 spiro atoms. The van der Waals surface area contributed by atoms with Crippen LogP contribution in [0.5, 0.6) is 0 Å². The largest absolute Gasteiger partial charge is 0.316 e. The molecular weight excluding hydrogens is 271 g/mol. The van der Waals surface area contributed by atoms with E-state index in [-0.39, 0.29) is 5.82 Å². The van der Waals surface area contributed by atoms with Crippen LogP contribution in [0.3, 0.4) is 0 Å². The van der Waals surface area contributed by atoms with Crippen LogP contribution in [-0.2, 0) is 6.54 Å². The molecule has 88 valence electrons. The van der Waals surface area contributed by atoms with Gasteiger partial charge in [0.2, 0.25) is 0 Å². The number of hydrogen-bond acceptors (Lipinski definition) is 2. The molecular formula is C12H16BrFN2. The van der Waals surface area contributed by atoms with Gasteiger partial charge in [-0.05, 0) is 47.1 Å². The van der Waals surface area contributed by atoms with E-state index < -0.39 is 0 Å². The zero-order valence-electron chi connectivity index (χ0n) is 9.34. The Hall–Kier alpha value is -0.450. The lowest BCUT2D eigenvalue weighted by Crippen LogP contribution is -2.29. The van der Waals surface area contributed by atoms with Gasteiger partial charge in [0.15, 0.2) is 0 Å². The molecule has 4 heteroatoms. The van der Waals surface area contributed by atoms with Crippen molar-refractivity contribution >= 4 is 15.9 Å². The molecule has 1 heterocycles. The monoisotopic (exact) mass is 286 g/mol. The Morgan fingerprint density at radius 1 is 1.56 bits per heavy atom. The quantitative estimate of drug-likeness (QED) is 0.918. The molecule has 0 aromatic heterocycles. The van der Waals surface area contributed by atoms with Crippen molar-refractivity contribution in [2.24, 2.45) is 0 Å². The van der Waals surface area contributed by atoms with Crippen LogP contribution >= 0.6 is 15.9 Å². The molecule has 0 amide bonds. The summed E-state index contributed by atoms with van der Waals surface area (Å²) in [4.78, 5) is 2.39. The van der Waals surface area contributed by atoms with E-state index in [1.54, 1.807) is 0 Å². The maximum atomic E-state index is 13.1. The van der Waals surface area contributed by atoms with Crippen molar-refractivity contribution in [2.75, 3.05) is 20.1 Å². The molecule has 1 N–H and O–H groups in total. The second-order valence-electron chi connectivity index (χ2n) is 4.26. The maximum Gasteiger partial charge on any atom is 0.137 e. The zero-order chi connectivity index (χ0) is 11.5. The van der Waals surface area contributed by atoms with Crippen molar-refractivity contribution < 1.29 is 4.39 Å². The number of halogens is 2. The molecule has 0 radical (unpaired) electrons. The van der Waals surface area contributed by atoms with Crippen molar-refractivity contribution in [1.82, 2.24) is 10.2 Å². The first-order valence-corrected chi connectivity index (χ1v) is 6.32. The molecule has 0 saturated carbocycles. The van der Waals surface area contributed by atoms with Crippen LogP contribution in [0, 0.1) is 5.82 Å². The van der Waals surface area contributed by atoms with E-state index >= 15 is 0 Å². The molecule has 1 fully saturated rings. The highest BCUT2D eigenvalue weighted by Gasteiger charge is 2.20. The average Bonchev–Trinajstić information content (AvgIpc) is 2.71. The number of benzene rings is 1. The number of likely N-dealkylation sites (tertiary alicyclic amines) is 1. The topological polar surface area (TPSA) is 15.3 Å². The van der Waals surface area contributed by atoms with E-state index in [1.807, 2.05) is 19.2 Å². The van der Waals surface area contributed by atoms with Crippen LogP contribution in [0.1, 0.15) is 12.0 Å².